The number of nitrogens with one attached hydrogen (secondary N) is 1. The molecule has 0 aromatic rings. The van der Waals surface area contributed by atoms with Gasteiger partial charge in [-0.25, -0.2) is 0 Å². The van der Waals surface area contributed by atoms with Crippen molar-refractivity contribution in [1.29, 1.82) is 0 Å². The first kappa shape index (κ1) is 14.4. The van der Waals surface area contributed by atoms with Crippen LogP contribution in [0.1, 0.15) is 51.9 Å². The molecule has 0 aromatic heterocycles. The van der Waals surface area contributed by atoms with Crippen molar-refractivity contribution in [2.75, 3.05) is 19.6 Å². The number of piperidine rings is 1. The molecular formula is C15H26N2O2. The van der Waals surface area contributed by atoms with E-state index in [1.165, 1.54) is 12.8 Å². The van der Waals surface area contributed by atoms with Crippen molar-refractivity contribution in [2.45, 2.75) is 51.9 Å². The summed E-state index contributed by atoms with van der Waals surface area (Å²) in [5.41, 5.74) is 0. The number of nitrogens with zero attached hydrogens (tertiary/aromatic N) is 1. The van der Waals surface area contributed by atoms with Crippen LogP contribution in [0.25, 0.3) is 0 Å². The van der Waals surface area contributed by atoms with Crippen molar-refractivity contribution in [3.05, 3.63) is 0 Å². The van der Waals surface area contributed by atoms with Crippen LogP contribution in [0.3, 0.4) is 0 Å². The Morgan fingerprint density at radius 2 is 1.84 bits per heavy atom. The topological polar surface area (TPSA) is 49.4 Å². The molecular weight excluding hydrogens is 240 g/mol. The zero-order chi connectivity index (χ0) is 13.7. The summed E-state index contributed by atoms with van der Waals surface area (Å²) in [5.74, 6) is 0.891. The number of hydrogen-bond donors (Lipinski definition) is 1. The van der Waals surface area contributed by atoms with E-state index in [0.29, 0.717) is 5.92 Å². The van der Waals surface area contributed by atoms with Gasteiger partial charge in [0.2, 0.25) is 11.8 Å². The van der Waals surface area contributed by atoms with Gasteiger partial charge in [-0.15, -0.1) is 0 Å². The molecule has 1 atom stereocenters. The van der Waals surface area contributed by atoms with Crippen LogP contribution in [0, 0.1) is 11.8 Å². The molecule has 0 radical (unpaired) electrons. The van der Waals surface area contributed by atoms with Crippen molar-refractivity contribution in [3.8, 4) is 0 Å². The predicted octanol–water partition coefficient (Wildman–Crippen LogP) is 1.94. The lowest BCUT2D eigenvalue weighted by Crippen LogP contribution is -2.45. The van der Waals surface area contributed by atoms with Crippen LogP contribution >= 0.6 is 0 Å². The van der Waals surface area contributed by atoms with E-state index in [1.807, 2.05) is 4.90 Å². The highest BCUT2D eigenvalue weighted by molar-refractivity contribution is 5.85. The Morgan fingerprint density at radius 1 is 1.11 bits per heavy atom. The van der Waals surface area contributed by atoms with Crippen LogP contribution in [0.4, 0.5) is 0 Å². The smallest absolute Gasteiger partial charge is 0.241 e. The van der Waals surface area contributed by atoms with Gasteiger partial charge in [-0.1, -0.05) is 26.2 Å². The van der Waals surface area contributed by atoms with Gasteiger partial charge in [-0.05, 0) is 31.6 Å². The van der Waals surface area contributed by atoms with Gasteiger partial charge in [0.15, 0.2) is 0 Å². The molecule has 19 heavy (non-hydrogen) atoms. The predicted molar refractivity (Wildman–Crippen MR) is 74.6 cm³/mol. The van der Waals surface area contributed by atoms with E-state index in [9.17, 15) is 9.59 Å². The van der Waals surface area contributed by atoms with E-state index in [4.69, 9.17) is 0 Å². The molecule has 1 N–H and O–H groups in total. The van der Waals surface area contributed by atoms with Gasteiger partial charge in [0.25, 0.3) is 0 Å². The third-order valence-electron chi connectivity index (χ3n) is 4.40. The number of amides is 2. The second-order valence-corrected chi connectivity index (χ2v) is 6.14. The average molecular weight is 266 g/mol. The largest absolute Gasteiger partial charge is 0.347 e. The molecule has 4 nitrogen and oxygen atoms in total. The quantitative estimate of drug-likeness (QED) is 0.848. The van der Waals surface area contributed by atoms with Crippen molar-refractivity contribution in [2.24, 2.45) is 11.8 Å². The van der Waals surface area contributed by atoms with Crippen LogP contribution in [0.15, 0.2) is 0 Å². The average Bonchev–Trinajstić information content (AvgIpc) is 2.45. The summed E-state index contributed by atoms with van der Waals surface area (Å²) in [6, 6.07) is 0. The first-order valence-electron chi connectivity index (χ1n) is 7.72. The molecule has 1 aliphatic heterocycles. The standard InChI is InChI=1S/C15H26N2O2/c1-12-6-5-9-17(11-12)14(18)10-16-15(19)13-7-3-2-4-8-13/h12-13H,2-11H2,1H3,(H,16,19). The van der Waals surface area contributed by atoms with Crippen molar-refractivity contribution in [1.82, 2.24) is 10.2 Å². The van der Waals surface area contributed by atoms with Crippen LogP contribution in [-0.2, 0) is 9.59 Å². The molecule has 1 heterocycles. The third kappa shape index (κ3) is 4.22. The second-order valence-electron chi connectivity index (χ2n) is 6.14. The van der Waals surface area contributed by atoms with Crippen molar-refractivity contribution in [3.63, 3.8) is 0 Å². The van der Waals surface area contributed by atoms with E-state index in [2.05, 4.69) is 12.2 Å². The number of carbonyl (C=O) groups excluding carboxylic acids is 2. The van der Waals surface area contributed by atoms with Gasteiger partial charge in [0.1, 0.15) is 0 Å². The summed E-state index contributed by atoms with van der Waals surface area (Å²) in [4.78, 5) is 25.9. The fraction of sp³-hybridized carbons (Fsp3) is 0.867. The molecule has 108 valence electrons. The summed E-state index contributed by atoms with van der Waals surface area (Å²) in [7, 11) is 0. The Kier molecular flexibility index (Phi) is 5.23. The molecule has 0 spiro atoms. The van der Waals surface area contributed by atoms with Gasteiger partial charge in [0, 0.05) is 19.0 Å². The molecule has 2 fully saturated rings. The lowest BCUT2D eigenvalue weighted by Gasteiger charge is -2.31. The first-order valence-corrected chi connectivity index (χ1v) is 7.72. The van der Waals surface area contributed by atoms with E-state index in [-0.39, 0.29) is 24.3 Å². The maximum Gasteiger partial charge on any atom is 0.241 e. The molecule has 1 aliphatic carbocycles. The molecule has 2 rings (SSSR count). The highest BCUT2D eigenvalue weighted by Crippen LogP contribution is 2.23. The molecule has 1 saturated carbocycles. The lowest BCUT2D eigenvalue weighted by atomic mass is 9.89. The maximum absolute atomic E-state index is 12.0. The third-order valence-corrected chi connectivity index (χ3v) is 4.40. The van der Waals surface area contributed by atoms with Crippen LogP contribution in [0.5, 0.6) is 0 Å². The van der Waals surface area contributed by atoms with Crippen LogP contribution < -0.4 is 5.32 Å². The minimum atomic E-state index is 0.0794. The minimum Gasteiger partial charge on any atom is -0.347 e. The Hall–Kier alpha value is -1.06. The molecule has 2 amide bonds. The van der Waals surface area contributed by atoms with Crippen LogP contribution in [0.2, 0.25) is 0 Å². The number of hydrogen-bond acceptors (Lipinski definition) is 2. The van der Waals surface area contributed by atoms with Gasteiger partial charge >= 0.3 is 0 Å². The summed E-state index contributed by atoms with van der Waals surface area (Å²) in [6.45, 7) is 4.06. The molecule has 0 bridgehead atoms. The summed E-state index contributed by atoms with van der Waals surface area (Å²) in [6.07, 6.45) is 7.81. The Morgan fingerprint density at radius 3 is 2.53 bits per heavy atom. The fourth-order valence-electron chi connectivity index (χ4n) is 3.20. The van der Waals surface area contributed by atoms with Gasteiger partial charge < -0.3 is 10.2 Å². The number of carbonyl (C=O) groups is 2. The first-order chi connectivity index (χ1) is 9.16. The highest BCUT2D eigenvalue weighted by atomic mass is 16.2. The lowest BCUT2D eigenvalue weighted by molar-refractivity contribution is -0.135. The van der Waals surface area contributed by atoms with Crippen LogP contribution in [-0.4, -0.2) is 36.3 Å². The molecule has 1 unspecified atom stereocenters. The van der Waals surface area contributed by atoms with Gasteiger partial charge in [-0.2, -0.15) is 0 Å². The van der Waals surface area contributed by atoms with E-state index in [0.717, 1.165) is 45.2 Å². The maximum atomic E-state index is 12.0. The zero-order valence-corrected chi connectivity index (χ0v) is 12.0. The molecule has 2 aliphatic rings. The van der Waals surface area contributed by atoms with E-state index in [1.54, 1.807) is 0 Å². The van der Waals surface area contributed by atoms with E-state index < -0.39 is 0 Å². The zero-order valence-electron chi connectivity index (χ0n) is 12.0. The molecule has 4 heteroatoms. The van der Waals surface area contributed by atoms with Gasteiger partial charge in [0.05, 0.1) is 6.54 Å². The minimum absolute atomic E-state index is 0.0794. The molecule has 0 aromatic carbocycles. The summed E-state index contributed by atoms with van der Waals surface area (Å²) in [5, 5.41) is 2.83. The molecule has 1 saturated heterocycles. The Labute approximate surface area is 115 Å². The number of rotatable bonds is 3. The summed E-state index contributed by atoms with van der Waals surface area (Å²) >= 11 is 0. The Balaban J connectivity index is 1.71. The van der Waals surface area contributed by atoms with E-state index >= 15 is 0 Å². The monoisotopic (exact) mass is 266 g/mol. The van der Waals surface area contributed by atoms with Crippen molar-refractivity contribution >= 4 is 11.8 Å². The Bertz CT molecular complexity index is 324. The van der Waals surface area contributed by atoms with Crippen molar-refractivity contribution < 1.29 is 9.59 Å². The normalized spacial score (nSPS) is 25.1. The van der Waals surface area contributed by atoms with Gasteiger partial charge in [-0.3, -0.25) is 9.59 Å². The number of likely N-dealkylation sites (tertiary alicyclic amines) is 1. The highest BCUT2D eigenvalue weighted by Gasteiger charge is 2.24. The SMILES string of the molecule is CC1CCCN(C(=O)CNC(=O)C2CCCCC2)C1. The second kappa shape index (κ2) is 6.92. The fourth-order valence-corrected chi connectivity index (χ4v) is 3.20. The summed E-state index contributed by atoms with van der Waals surface area (Å²) < 4.78 is 0.